The van der Waals surface area contributed by atoms with Gasteiger partial charge in [-0.2, -0.15) is 0 Å². The SMILES string of the molecule is Cc1cncc(Nc2ccc(C)cc2C(=O)O)c1. The number of benzene rings is 1. The summed E-state index contributed by atoms with van der Waals surface area (Å²) in [6, 6.07) is 7.20. The summed E-state index contributed by atoms with van der Waals surface area (Å²) < 4.78 is 0. The Hall–Kier alpha value is -2.36. The number of rotatable bonds is 3. The highest BCUT2D eigenvalue weighted by Crippen LogP contribution is 2.22. The Morgan fingerprint density at radius 2 is 1.94 bits per heavy atom. The molecule has 0 radical (unpaired) electrons. The maximum absolute atomic E-state index is 11.2. The maximum atomic E-state index is 11.2. The van der Waals surface area contributed by atoms with Gasteiger partial charge in [-0.3, -0.25) is 4.98 Å². The predicted molar refractivity (Wildman–Crippen MR) is 70.4 cm³/mol. The summed E-state index contributed by atoms with van der Waals surface area (Å²) in [5.74, 6) is -0.943. The first-order chi connectivity index (χ1) is 8.56. The van der Waals surface area contributed by atoms with E-state index in [2.05, 4.69) is 10.3 Å². The molecule has 0 aliphatic carbocycles. The minimum atomic E-state index is -0.943. The van der Waals surface area contributed by atoms with Gasteiger partial charge in [-0.05, 0) is 37.6 Å². The van der Waals surface area contributed by atoms with Gasteiger partial charge in [0.05, 0.1) is 23.1 Å². The zero-order valence-electron chi connectivity index (χ0n) is 10.3. The van der Waals surface area contributed by atoms with E-state index in [-0.39, 0.29) is 5.56 Å². The minimum Gasteiger partial charge on any atom is -0.478 e. The summed E-state index contributed by atoms with van der Waals surface area (Å²) in [7, 11) is 0. The van der Waals surface area contributed by atoms with E-state index in [1.165, 1.54) is 0 Å². The van der Waals surface area contributed by atoms with Gasteiger partial charge >= 0.3 is 5.97 Å². The number of pyridine rings is 1. The van der Waals surface area contributed by atoms with Crippen molar-refractivity contribution in [2.24, 2.45) is 0 Å². The number of hydrogen-bond donors (Lipinski definition) is 2. The van der Waals surface area contributed by atoms with Gasteiger partial charge in [-0.15, -0.1) is 0 Å². The van der Waals surface area contributed by atoms with E-state index in [1.54, 1.807) is 24.5 Å². The number of anilines is 2. The molecule has 4 heteroatoms. The number of aromatic nitrogens is 1. The third-order valence-corrected chi connectivity index (χ3v) is 2.56. The largest absolute Gasteiger partial charge is 0.478 e. The molecule has 2 rings (SSSR count). The van der Waals surface area contributed by atoms with Crippen molar-refractivity contribution in [1.29, 1.82) is 0 Å². The third-order valence-electron chi connectivity index (χ3n) is 2.56. The zero-order chi connectivity index (χ0) is 13.1. The number of carboxylic acids is 1. The Morgan fingerprint density at radius 3 is 2.61 bits per heavy atom. The van der Waals surface area contributed by atoms with Gasteiger partial charge in [0.2, 0.25) is 0 Å². The molecule has 2 N–H and O–H groups in total. The van der Waals surface area contributed by atoms with E-state index in [0.717, 1.165) is 16.8 Å². The van der Waals surface area contributed by atoms with Crippen LogP contribution < -0.4 is 5.32 Å². The second kappa shape index (κ2) is 4.87. The lowest BCUT2D eigenvalue weighted by Crippen LogP contribution is -2.03. The number of carboxylic acid groups (broad SMARTS) is 1. The number of aromatic carboxylic acids is 1. The van der Waals surface area contributed by atoms with Crippen LogP contribution in [0.15, 0.2) is 36.7 Å². The Labute approximate surface area is 105 Å². The van der Waals surface area contributed by atoms with Crippen LogP contribution in [0.1, 0.15) is 21.5 Å². The summed E-state index contributed by atoms with van der Waals surface area (Å²) in [6.07, 6.45) is 3.41. The number of aryl methyl sites for hydroxylation is 2. The smallest absolute Gasteiger partial charge is 0.337 e. The average molecular weight is 242 g/mol. The lowest BCUT2D eigenvalue weighted by Gasteiger charge is -2.10. The van der Waals surface area contributed by atoms with Gasteiger partial charge in [-0.25, -0.2) is 4.79 Å². The molecule has 18 heavy (non-hydrogen) atoms. The van der Waals surface area contributed by atoms with Crippen molar-refractivity contribution < 1.29 is 9.90 Å². The molecule has 0 saturated heterocycles. The molecule has 4 nitrogen and oxygen atoms in total. The number of nitrogens with one attached hydrogen (secondary N) is 1. The van der Waals surface area contributed by atoms with Crippen molar-refractivity contribution in [3.05, 3.63) is 53.3 Å². The fraction of sp³-hybridized carbons (Fsp3) is 0.143. The fourth-order valence-corrected chi connectivity index (χ4v) is 1.72. The fourth-order valence-electron chi connectivity index (χ4n) is 1.72. The molecule has 0 amide bonds. The quantitative estimate of drug-likeness (QED) is 0.868. The molecule has 92 valence electrons. The highest BCUT2D eigenvalue weighted by atomic mass is 16.4. The van der Waals surface area contributed by atoms with Crippen molar-refractivity contribution in [2.45, 2.75) is 13.8 Å². The van der Waals surface area contributed by atoms with Crippen molar-refractivity contribution >= 4 is 17.3 Å². The third kappa shape index (κ3) is 2.66. The average Bonchev–Trinajstić information content (AvgIpc) is 2.31. The normalized spacial score (nSPS) is 10.1. The molecule has 1 aromatic carbocycles. The number of hydrogen-bond acceptors (Lipinski definition) is 3. The summed E-state index contributed by atoms with van der Waals surface area (Å²) in [5.41, 5.74) is 3.54. The first-order valence-electron chi connectivity index (χ1n) is 5.59. The lowest BCUT2D eigenvalue weighted by molar-refractivity contribution is 0.0698. The molecule has 2 aromatic rings. The van der Waals surface area contributed by atoms with Gasteiger partial charge in [0, 0.05) is 6.20 Å². The van der Waals surface area contributed by atoms with Crippen LogP contribution in [0, 0.1) is 13.8 Å². The topological polar surface area (TPSA) is 62.2 Å². The van der Waals surface area contributed by atoms with Crippen LogP contribution in [0.2, 0.25) is 0 Å². The molecule has 0 spiro atoms. The van der Waals surface area contributed by atoms with Crippen LogP contribution in [0.25, 0.3) is 0 Å². The monoisotopic (exact) mass is 242 g/mol. The van der Waals surface area contributed by atoms with Crippen LogP contribution in [0.4, 0.5) is 11.4 Å². The van der Waals surface area contributed by atoms with Crippen LogP contribution in [-0.4, -0.2) is 16.1 Å². The van der Waals surface area contributed by atoms with E-state index in [9.17, 15) is 4.79 Å². The van der Waals surface area contributed by atoms with Gasteiger partial charge in [0.1, 0.15) is 0 Å². The summed E-state index contributed by atoms with van der Waals surface area (Å²) in [6.45, 7) is 3.80. The Bertz CT molecular complexity index is 594. The molecule has 0 aliphatic heterocycles. The molecule has 0 fully saturated rings. The van der Waals surface area contributed by atoms with E-state index in [0.29, 0.717) is 5.69 Å². The highest BCUT2D eigenvalue weighted by molar-refractivity contribution is 5.95. The van der Waals surface area contributed by atoms with Crippen molar-refractivity contribution in [2.75, 3.05) is 5.32 Å². The van der Waals surface area contributed by atoms with Crippen LogP contribution in [-0.2, 0) is 0 Å². The van der Waals surface area contributed by atoms with E-state index < -0.39 is 5.97 Å². The Balaban J connectivity index is 2.37. The first kappa shape index (κ1) is 12.1. The van der Waals surface area contributed by atoms with Gasteiger partial charge in [0.25, 0.3) is 0 Å². The van der Waals surface area contributed by atoms with Gasteiger partial charge in [0.15, 0.2) is 0 Å². The lowest BCUT2D eigenvalue weighted by atomic mass is 10.1. The summed E-state index contributed by atoms with van der Waals surface area (Å²) >= 11 is 0. The van der Waals surface area contributed by atoms with Crippen molar-refractivity contribution in [3.63, 3.8) is 0 Å². The predicted octanol–water partition coefficient (Wildman–Crippen LogP) is 3.14. The van der Waals surface area contributed by atoms with Crippen molar-refractivity contribution in [1.82, 2.24) is 4.98 Å². The second-order valence-corrected chi connectivity index (χ2v) is 4.23. The number of nitrogens with zero attached hydrogens (tertiary/aromatic N) is 1. The molecule has 1 aromatic heterocycles. The summed E-state index contributed by atoms with van der Waals surface area (Å²) in [4.78, 5) is 15.2. The summed E-state index contributed by atoms with van der Waals surface area (Å²) in [5, 5.41) is 12.2. The molecule has 0 unspecified atom stereocenters. The first-order valence-corrected chi connectivity index (χ1v) is 5.59. The van der Waals surface area contributed by atoms with Gasteiger partial charge < -0.3 is 10.4 Å². The molecule has 0 aliphatic rings. The van der Waals surface area contributed by atoms with Crippen LogP contribution in [0.5, 0.6) is 0 Å². The van der Waals surface area contributed by atoms with E-state index in [1.807, 2.05) is 26.0 Å². The van der Waals surface area contributed by atoms with Crippen LogP contribution >= 0.6 is 0 Å². The molecule has 0 saturated carbocycles. The standard InChI is InChI=1S/C14H14N2O2/c1-9-3-4-13(12(6-9)14(17)18)16-11-5-10(2)7-15-8-11/h3-8,16H,1-2H3,(H,17,18). The highest BCUT2D eigenvalue weighted by Gasteiger charge is 2.10. The van der Waals surface area contributed by atoms with E-state index >= 15 is 0 Å². The molecular weight excluding hydrogens is 228 g/mol. The maximum Gasteiger partial charge on any atom is 0.337 e. The minimum absolute atomic E-state index is 0.261. The Morgan fingerprint density at radius 1 is 1.17 bits per heavy atom. The Kier molecular flexibility index (Phi) is 3.28. The van der Waals surface area contributed by atoms with Crippen LogP contribution in [0.3, 0.4) is 0 Å². The second-order valence-electron chi connectivity index (χ2n) is 4.23. The zero-order valence-corrected chi connectivity index (χ0v) is 10.3. The molecule has 0 bridgehead atoms. The van der Waals surface area contributed by atoms with Gasteiger partial charge in [-0.1, -0.05) is 11.6 Å². The number of carbonyl (C=O) groups is 1. The van der Waals surface area contributed by atoms with E-state index in [4.69, 9.17) is 5.11 Å². The van der Waals surface area contributed by atoms with Crippen molar-refractivity contribution in [3.8, 4) is 0 Å². The molecular formula is C14H14N2O2. The molecule has 1 heterocycles. The molecule has 0 atom stereocenters.